The van der Waals surface area contributed by atoms with Crippen LogP contribution >= 0.6 is 0 Å². The molecule has 2 aromatic heterocycles. The lowest BCUT2D eigenvalue weighted by Gasteiger charge is -2.35. The highest BCUT2D eigenvalue weighted by atomic mass is 19.3. The molecule has 1 aromatic carbocycles. The van der Waals surface area contributed by atoms with Gasteiger partial charge in [0.05, 0.1) is 23.7 Å². The number of carbonyl (C=O) groups is 3. The Labute approximate surface area is 261 Å². The number of amides is 2. The smallest absolute Gasteiger partial charge is 0.268 e. The maximum Gasteiger partial charge on any atom is 0.268 e. The van der Waals surface area contributed by atoms with Crippen molar-refractivity contribution < 1.29 is 23.2 Å². The van der Waals surface area contributed by atoms with Gasteiger partial charge in [-0.25, -0.2) is 8.78 Å². The van der Waals surface area contributed by atoms with E-state index in [1.54, 1.807) is 24.5 Å². The molecule has 2 saturated heterocycles. The Balaban J connectivity index is 1.13. The van der Waals surface area contributed by atoms with Crippen LogP contribution in [0.25, 0.3) is 10.9 Å². The minimum atomic E-state index is -3.10. The van der Waals surface area contributed by atoms with Crippen molar-refractivity contribution in [2.45, 2.75) is 44.6 Å². The monoisotopic (exact) mass is 617 g/mol. The zero-order valence-electron chi connectivity index (χ0n) is 25.6. The van der Waals surface area contributed by atoms with Crippen LogP contribution in [0.3, 0.4) is 0 Å². The number of aryl methyl sites for hydroxylation is 1. The van der Waals surface area contributed by atoms with Crippen molar-refractivity contribution in [3.63, 3.8) is 0 Å². The van der Waals surface area contributed by atoms with Crippen LogP contribution in [-0.2, 0) is 4.79 Å². The van der Waals surface area contributed by atoms with Crippen LogP contribution in [0.1, 0.15) is 52.1 Å². The normalized spacial score (nSPS) is 18.2. The molecule has 1 atom stereocenters. The van der Waals surface area contributed by atoms with E-state index in [1.165, 1.54) is 0 Å². The Hall–Kier alpha value is -4.50. The van der Waals surface area contributed by atoms with Gasteiger partial charge in [0.25, 0.3) is 11.8 Å². The van der Waals surface area contributed by atoms with E-state index in [0.717, 1.165) is 48.9 Å². The highest BCUT2D eigenvalue weighted by Crippen LogP contribution is 2.32. The van der Waals surface area contributed by atoms with Gasteiger partial charge in [-0.3, -0.25) is 29.3 Å². The van der Waals surface area contributed by atoms with Crippen LogP contribution in [0, 0.1) is 18.3 Å². The van der Waals surface area contributed by atoms with E-state index in [2.05, 4.69) is 19.8 Å². The Kier molecular flexibility index (Phi) is 9.68. The van der Waals surface area contributed by atoms with E-state index in [1.807, 2.05) is 49.2 Å². The van der Waals surface area contributed by atoms with Gasteiger partial charge in [0.1, 0.15) is 6.04 Å². The molecule has 2 aliphatic rings. The summed E-state index contributed by atoms with van der Waals surface area (Å²) in [5.41, 5.74) is 3.47. The lowest BCUT2D eigenvalue weighted by atomic mass is 10.0. The Morgan fingerprint density at radius 1 is 1.07 bits per heavy atom. The van der Waals surface area contributed by atoms with Gasteiger partial charge in [-0.1, -0.05) is 0 Å². The molecule has 0 N–H and O–H groups in total. The largest absolute Gasteiger partial charge is 0.375 e. The van der Waals surface area contributed by atoms with Gasteiger partial charge < -0.3 is 14.7 Å². The number of piperazine rings is 1. The number of ketones is 1. The molecule has 5 rings (SSSR count). The molecule has 12 heteroatoms. The zero-order valence-corrected chi connectivity index (χ0v) is 25.6. The molecular formula is C33H37F2N7O3. The number of benzene rings is 1. The van der Waals surface area contributed by atoms with Crippen molar-refractivity contribution in [3.05, 3.63) is 65.6 Å². The van der Waals surface area contributed by atoms with Crippen LogP contribution < -0.4 is 4.90 Å². The number of fused-ring (bicyclic) bond motifs is 1. The number of nitrogens with zero attached hydrogens (tertiary/aromatic N) is 7. The average molecular weight is 618 g/mol. The molecule has 2 aliphatic heterocycles. The van der Waals surface area contributed by atoms with Crippen LogP contribution in [-0.4, -0.2) is 107 Å². The summed E-state index contributed by atoms with van der Waals surface area (Å²) < 4.78 is 27.5. The number of hydrogen-bond donors (Lipinski definition) is 0. The first-order valence-electron chi connectivity index (χ1n) is 15.2. The highest BCUT2D eigenvalue weighted by molar-refractivity contribution is 6.08. The van der Waals surface area contributed by atoms with Crippen LogP contribution in [0.5, 0.6) is 0 Å². The van der Waals surface area contributed by atoms with Crippen molar-refractivity contribution in [2.24, 2.45) is 0 Å². The maximum absolute atomic E-state index is 13.8. The predicted octanol–water partition coefficient (Wildman–Crippen LogP) is 3.95. The molecule has 4 heterocycles. The number of alkyl halides is 2. The van der Waals surface area contributed by atoms with Gasteiger partial charge in [-0.15, -0.1) is 0 Å². The molecule has 236 valence electrons. The third-order valence-electron chi connectivity index (χ3n) is 8.56. The molecule has 0 bridgehead atoms. The van der Waals surface area contributed by atoms with Gasteiger partial charge >= 0.3 is 0 Å². The fourth-order valence-corrected chi connectivity index (χ4v) is 5.92. The molecule has 0 aliphatic carbocycles. The zero-order chi connectivity index (χ0) is 32.1. The van der Waals surface area contributed by atoms with Gasteiger partial charge in [0.2, 0.25) is 5.91 Å². The van der Waals surface area contributed by atoms with E-state index in [9.17, 15) is 28.4 Å². The summed E-state index contributed by atoms with van der Waals surface area (Å²) in [6.45, 7) is 5.72. The SMILES string of the molecule is Cc1ccc(C(=O)N2CCN(CCCN(C)c3ccc4nccc(C(=O)CCC(=O)N5CC(F)(F)C[C@H]5C#N)c4c3)CC2)cn1. The second-order valence-electron chi connectivity index (χ2n) is 11.8. The quantitative estimate of drug-likeness (QED) is 0.315. The number of pyridine rings is 2. The second kappa shape index (κ2) is 13.6. The molecule has 3 aromatic rings. The number of aromatic nitrogens is 2. The lowest BCUT2D eigenvalue weighted by Crippen LogP contribution is -2.49. The topological polar surface area (TPSA) is 114 Å². The Bertz CT molecular complexity index is 1600. The summed E-state index contributed by atoms with van der Waals surface area (Å²) >= 11 is 0. The first kappa shape index (κ1) is 31.9. The van der Waals surface area contributed by atoms with Gasteiger partial charge in [-0.2, -0.15) is 5.26 Å². The fraction of sp³-hybridized carbons (Fsp3) is 0.455. The summed E-state index contributed by atoms with van der Waals surface area (Å²) in [5.74, 6) is -3.99. The first-order chi connectivity index (χ1) is 21.5. The molecule has 45 heavy (non-hydrogen) atoms. The molecule has 0 saturated carbocycles. The van der Waals surface area contributed by atoms with Crippen molar-refractivity contribution in [1.82, 2.24) is 24.7 Å². The minimum Gasteiger partial charge on any atom is -0.375 e. The van der Waals surface area contributed by atoms with Crippen LogP contribution in [0.4, 0.5) is 14.5 Å². The summed E-state index contributed by atoms with van der Waals surface area (Å²) in [6.07, 6.45) is 3.00. The van der Waals surface area contributed by atoms with Crippen LogP contribution in [0.15, 0.2) is 48.8 Å². The van der Waals surface area contributed by atoms with E-state index < -0.39 is 30.8 Å². The Morgan fingerprint density at radius 3 is 2.56 bits per heavy atom. The lowest BCUT2D eigenvalue weighted by molar-refractivity contribution is -0.132. The molecule has 0 unspecified atom stereocenters. The van der Waals surface area contributed by atoms with Crippen molar-refractivity contribution >= 4 is 34.2 Å². The molecule has 2 fully saturated rings. The average Bonchev–Trinajstić information content (AvgIpc) is 3.37. The van der Waals surface area contributed by atoms with Crippen molar-refractivity contribution in [2.75, 3.05) is 57.8 Å². The number of anilines is 1. The highest BCUT2D eigenvalue weighted by Gasteiger charge is 2.47. The summed E-state index contributed by atoms with van der Waals surface area (Å²) in [5, 5.41) is 9.84. The van der Waals surface area contributed by atoms with E-state index in [-0.39, 0.29) is 24.5 Å². The third kappa shape index (κ3) is 7.60. The number of carbonyl (C=O) groups excluding carboxylic acids is 3. The predicted molar refractivity (Wildman–Crippen MR) is 165 cm³/mol. The van der Waals surface area contributed by atoms with Gasteiger partial charge in [0, 0.05) is 93.8 Å². The molecule has 0 radical (unpaired) electrons. The summed E-state index contributed by atoms with van der Waals surface area (Å²) in [4.78, 5) is 54.4. The second-order valence-corrected chi connectivity index (χ2v) is 11.8. The summed E-state index contributed by atoms with van der Waals surface area (Å²) in [7, 11) is 1.99. The van der Waals surface area contributed by atoms with Gasteiger partial charge in [-0.05, 0) is 56.3 Å². The number of rotatable bonds is 10. The number of hydrogen-bond acceptors (Lipinski definition) is 8. The van der Waals surface area contributed by atoms with E-state index in [0.29, 0.717) is 35.1 Å². The molecule has 2 amide bonds. The number of Topliss-reactive ketones (excluding diaryl/α,β-unsaturated/α-hetero) is 1. The summed E-state index contributed by atoms with van der Waals surface area (Å²) in [6, 6.07) is 11.6. The standard InChI is InChI=1S/C33H37F2N7O3/c1-23-4-5-24(21-38-23)32(45)41-16-14-40(15-17-41)13-3-12-39(2)25-6-7-29-28(18-25)27(10-11-37-29)30(43)8-9-31(44)42-22-33(34,35)19-26(42)20-36/h4-7,10-11,18,21,26H,3,8-9,12-17,19,22H2,1-2H3/t26-/m0/s1. The Morgan fingerprint density at radius 2 is 1.84 bits per heavy atom. The van der Waals surface area contributed by atoms with Crippen molar-refractivity contribution in [1.29, 1.82) is 5.26 Å². The fourth-order valence-electron chi connectivity index (χ4n) is 5.92. The molecule has 10 nitrogen and oxygen atoms in total. The van der Waals surface area contributed by atoms with Crippen LogP contribution in [0.2, 0.25) is 0 Å². The molecular weight excluding hydrogens is 580 g/mol. The first-order valence-corrected chi connectivity index (χ1v) is 15.2. The van der Waals surface area contributed by atoms with Gasteiger partial charge in [0.15, 0.2) is 5.78 Å². The maximum atomic E-state index is 13.8. The molecule has 0 spiro atoms. The van der Waals surface area contributed by atoms with E-state index in [4.69, 9.17) is 0 Å². The number of halogens is 2. The number of nitriles is 1. The van der Waals surface area contributed by atoms with Crippen molar-refractivity contribution in [3.8, 4) is 6.07 Å². The third-order valence-corrected chi connectivity index (χ3v) is 8.56. The van der Waals surface area contributed by atoms with E-state index >= 15 is 0 Å². The number of likely N-dealkylation sites (tertiary alicyclic amines) is 1. The minimum absolute atomic E-state index is 0.0148.